The standard InChI is InChI=1S/C11H12ClN3O/c1-6-4-9(5-7(2)13-6)10-14-11(8(3)12)16-15-10/h4-5,8H,1-3H3. The van der Waals surface area contributed by atoms with E-state index in [-0.39, 0.29) is 5.38 Å². The second-order valence-electron chi connectivity index (χ2n) is 3.71. The van der Waals surface area contributed by atoms with Crippen LogP contribution in [0.25, 0.3) is 11.4 Å². The molecule has 84 valence electrons. The number of alkyl halides is 1. The van der Waals surface area contributed by atoms with Crippen molar-refractivity contribution < 1.29 is 4.52 Å². The highest BCUT2D eigenvalue weighted by atomic mass is 35.5. The highest BCUT2D eigenvalue weighted by Gasteiger charge is 2.13. The molecule has 2 heterocycles. The molecule has 0 saturated carbocycles. The van der Waals surface area contributed by atoms with Crippen LogP contribution >= 0.6 is 11.6 Å². The van der Waals surface area contributed by atoms with Crippen molar-refractivity contribution in [3.63, 3.8) is 0 Å². The number of pyridine rings is 1. The molecule has 0 fully saturated rings. The molecule has 0 aliphatic heterocycles. The number of hydrogen-bond donors (Lipinski definition) is 0. The van der Waals surface area contributed by atoms with Crippen LogP contribution in [-0.2, 0) is 0 Å². The second kappa shape index (κ2) is 4.22. The summed E-state index contributed by atoms with van der Waals surface area (Å²) in [5, 5.41) is 3.62. The zero-order valence-electron chi connectivity index (χ0n) is 9.36. The third kappa shape index (κ3) is 2.22. The van der Waals surface area contributed by atoms with E-state index in [1.54, 1.807) is 6.92 Å². The molecule has 2 aromatic rings. The van der Waals surface area contributed by atoms with Crippen LogP contribution in [0.15, 0.2) is 16.7 Å². The van der Waals surface area contributed by atoms with Gasteiger partial charge in [0.2, 0.25) is 11.7 Å². The smallest absolute Gasteiger partial charge is 0.244 e. The van der Waals surface area contributed by atoms with E-state index in [2.05, 4.69) is 15.1 Å². The molecule has 0 aliphatic rings. The quantitative estimate of drug-likeness (QED) is 0.754. The van der Waals surface area contributed by atoms with Crippen molar-refractivity contribution in [1.82, 2.24) is 15.1 Å². The van der Waals surface area contributed by atoms with Crippen LogP contribution < -0.4 is 0 Å². The van der Waals surface area contributed by atoms with E-state index in [0.717, 1.165) is 17.0 Å². The Balaban J connectivity index is 2.42. The van der Waals surface area contributed by atoms with E-state index in [0.29, 0.717) is 11.7 Å². The summed E-state index contributed by atoms with van der Waals surface area (Å²) < 4.78 is 5.05. The molecule has 0 saturated heterocycles. The average Bonchev–Trinajstić information content (AvgIpc) is 2.64. The number of hydrogen-bond acceptors (Lipinski definition) is 4. The maximum atomic E-state index is 5.86. The molecular weight excluding hydrogens is 226 g/mol. The molecule has 0 aliphatic carbocycles. The Bertz CT molecular complexity index is 487. The summed E-state index contributed by atoms with van der Waals surface area (Å²) in [6.45, 7) is 5.66. The van der Waals surface area contributed by atoms with Gasteiger partial charge in [0.1, 0.15) is 5.38 Å². The zero-order chi connectivity index (χ0) is 11.7. The maximum absolute atomic E-state index is 5.86. The Morgan fingerprint density at radius 3 is 2.31 bits per heavy atom. The van der Waals surface area contributed by atoms with Gasteiger partial charge in [-0.25, -0.2) is 0 Å². The fourth-order valence-corrected chi connectivity index (χ4v) is 1.57. The molecule has 4 nitrogen and oxygen atoms in total. The first-order valence-electron chi connectivity index (χ1n) is 4.99. The van der Waals surface area contributed by atoms with Gasteiger partial charge in [-0.3, -0.25) is 4.98 Å². The molecule has 1 unspecified atom stereocenters. The van der Waals surface area contributed by atoms with Crippen LogP contribution in [0, 0.1) is 13.8 Å². The van der Waals surface area contributed by atoms with Crippen LogP contribution in [0.2, 0.25) is 0 Å². The molecule has 0 aromatic carbocycles. The van der Waals surface area contributed by atoms with Gasteiger partial charge in [0, 0.05) is 17.0 Å². The van der Waals surface area contributed by atoms with E-state index in [1.165, 1.54) is 0 Å². The molecule has 0 radical (unpaired) electrons. The summed E-state index contributed by atoms with van der Waals surface area (Å²) in [5.41, 5.74) is 2.76. The predicted molar refractivity (Wildman–Crippen MR) is 61.3 cm³/mol. The number of nitrogens with zero attached hydrogens (tertiary/aromatic N) is 3. The van der Waals surface area contributed by atoms with Gasteiger partial charge in [-0.05, 0) is 32.9 Å². The van der Waals surface area contributed by atoms with Crippen LogP contribution in [0.4, 0.5) is 0 Å². The van der Waals surface area contributed by atoms with Crippen molar-refractivity contribution in [3.8, 4) is 11.4 Å². The fraction of sp³-hybridized carbons (Fsp3) is 0.364. The number of aryl methyl sites for hydroxylation is 2. The normalized spacial score (nSPS) is 12.8. The summed E-state index contributed by atoms with van der Waals surface area (Å²) in [7, 11) is 0. The summed E-state index contributed by atoms with van der Waals surface area (Å²) in [6.07, 6.45) is 0. The number of rotatable bonds is 2. The van der Waals surface area contributed by atoms with Gasteiger partial charge in [-0.1, -0.05) is 5.16 Å². The third-order valence-electron chi connectivity index (χ3n) is 2.12. The van der Waals surface area contributed by atoms with Crippen LogP contribution in [0.1, 0.15) is 29.6 Å². The predicted octanol–water partition coefficient (Wildman–Crippen LogP) is 3.05. The first kappa shape index (κ1) is 11.1. The largest absolute Gasteiger partial charge is 0.337 e. The Labute approximate surface area is 98.7 Å². The van der Waals surface area contributed by atoms with Crippen LogP contribution in [0.3, 0.4) is 0 Å². The van der Waals surface area contributed by atoms with Gasteiger partial charge in [-0.15, -0.1) is 11.6 Å². The summed E-state index contributed by atoms with van der Waals surface area (Å²) >= 11 is 5.86. The molecule has 0 amide bonds. The Morgan fingerprint density at radius 2 is 1.81 bits per heavy atom. The molecule has 0 N–H and O–H groups in total. The monoisotopic (exact) mass is 237 g/mol. The Kier molecular flexibility index (Phi) is 2.92. The second-order valence-corrected chi connectivity index (χ2v) is 4.37. The minimum absolute atomic E-state index is 0.273. The topological polar surface area (TPSA) is 51.8 Å². The first-order valence-corrected chi connectivity index (χ1v) is 5.43. The molecule has 2 aromatic heterocycles. The first-order chi connectivity index (χ1) is 7.56. The summed E-state index contributed by atoms with van der Waals surface area (Å²) in [6, 6.07) is 3.83. The van der Waals surface area contributed by atoms with E-state index in [1.807, 2.05) is 26.0 Å². The van der Waals surface area contributed by atoms with Crippen molar-refractivity contribution in [2.45, 2.75) is 26.1 Å². The van der Waals surface area contributed by atoms with E-state index < -0.39 is 0 Å². The van der Waals surface area contributed by atoms with Crippen molar-refractivity contribution in [3.05, 3.63) is 29.4 Å². The van der Waals surface area contributed by atoms with Gasteiger partial charge in [-0.2, -0.15) is 4.98 Å². The van der Waals surface area contributed by atoms with Gasteiger partial charge >= 0.3 is 0 Å². The van der Waals surface area contributed by atoms with Crippen molar-refractivity contribution >= 4 is 11.6 Å². The van der Waals surface area contributed by atoms with Crippen molar-refractivity contribution in [2.75, 3.05) is 0 Å². The SMILES string of the molecule is Cc1cc(-c2noc(C(C)Cl)n2)cc(C)n1. The van der Waals surface area contributed by atoms with E-state index in [9.17, 15) is 0 Å². The molecule has 1 atom stereocenters. The van der Waals surface area contributed by atoms with E-state index >= 15 is 0 Å². The minimum atomic E-state index is -0.273. The summed E-state index contributed by atoms with van der Waals surface area (Å²) in [5.74, 6) is 0.986. The molecule has 5 heteroatoms. The Morgan fingerprint density at radius 1 is 1.19 bits per heavy atom. The molecule has 0 spiro atoms. The van der Waals surface area contributed by atoms with Gasteiger partial charge < -0.3 is 4.52 Å². The molecule has 2 rings (SSSR count). The summed E-state index contributed by atoms with van der Waals surface area (Å²) in [4.78, 5) is 8.51. The molecule has 16 heavy (non-hydrogen) atoms. The number of halogens is 1. The fourth-order valence-electron chi connectivity index (χ4n) is 1.48. The van der Waals surface area contributed by atoms with Crippen molar-refractivity contribution in [1.29, 1.82) is 0 Å². The van der Waals surface area contributed by atoms with E-state index in [4.69, 9.17) is 16.1 Å². The molecule has 0 bridgehead atoms. The lowest BCUT2D eigenvalue weighted by atomic mass is 10.2. The third-order valence-corrected chi connectivity index (χ3v) is 2.31. The maximum Gasteiger partial charge on any atom is 0.244 e. The average molecular weight is 238 g/mol. The Hall–Kier alpha value is -1.42. The van der Waals surface area contributed by atoms with Crippen LogP contribution in [-0.4, -0.2) is 15.1 Å². The van der Waals surface area contributed by atoms with Crippen LogP contribution in [0.5, 0.6) is 0 Å². The lowest BCUT2D eigenvalue weighted by Crippen LogP contribution is -1.90. The number of aromatic nitrogens is 3. The zero-order valence-corrected chi connectivity index (χ0v) is 10.1. The van der Waals surface area contributed by atoms with Crippen molar-refractivity contribution in [2.24, 2.45) is 0 Å². The lowest BCUT2D eigenvalue weighted by molar-refractivity contribution is 0.379. The molecular formula is C11H12ClN3O. The van der Waals surface area contributed by atoms with Gasteiger partial charge in [0.05, 0.1) is 0 Å². The minimum Gasteiger partial charge on any atom is -0.337 e. The highest BCUT2D eigenvalue weighted by Crippen LogP contribution is 2.22. The highest BCUT2D eigenvalue weighted by molar-refractivity contribution is 6.20. The lowest BCUT2D eigenvalue weighted by Gasteiger charge is -1.99. The van der Waals surface area contributed by atoms with Gasteiger partial charge in [0.15, 0.2) is 0 Å². The van der Waals surface area contributed by atoms with Gasteiger partial charge in [0.25, 0.3) is 0 Å².